The molecule has 352 valence electrons. The first kappa shape index (κ1) is 61.3. The van der Waals surface area contributed by atoms with Crippen LogP contribution in [0.15, 0.2) is 50.4 Å². The number of hydrogen-bond acceptors (Lipinski definition) is 11. The predicted octanol–water partition coefficient (Wildman–Crippen LogP) is 15.1. The molecule has 0 amide bonds. The van der Waals surface area contributed by atoms with Crippen LogP contribution in [-0.2, 0) is 54.3 Å². The number of rotatable bonds is 46. The van der Waals surface area contributed by atoms with E-state index in [0.29, 0.717) is 0 Å². The van der Waals surface area contributed by atoms with E-state index in [2.05, 4.69) is 76.8 Å². The van der Waals surface area contributed by atoms with Gasteiger partial charge in [0.15, 0.2) is 0 Å². The van der Waals surface area contributed by atoms with Crippen molar-refractivity contribution in [2.45, 2.75) is 232 Å². The van der Waals surface area contributed by atoms with Crippen LogP contribution in [0.2, 0.25) is 0 Å². The zero-order chi connectivity index (χ0) is 43.9. The molecule has 0 aromatic rings. The average Bonchev–Trinajstić information content (AvgIpc) is 3.21. The lowest BCUT2D eigenvalue weighted by atomic mass is 10.0. The summed E-state index contributed by atoms with van der Waals surface area (Å²) in [5.41, 5.74) is 0. The highest BCUT2D eigenvalue weighted by atomic mass is 31.2. The lowest BCUT2D eigenvalue weighted by molar-refractivity contribution is -0.692. The molecule has 0 aromatic heterocycles. The highest BCUT2D eigenvalue weighted by Crippen LogP contribution is 2.26. The summed E-state index contributed by atoms with van der Waals surface area (Å²) in [6.45, 7) is 11.1. The van der Waals surface area contributed by atoms with Crippen molar-refractivity contribution < 1.29 is 69.0 Å². The van der Waals surface area contributed by atoms with E-state index in [-0.39, 0.29) is 0 Å². The van der Waals surface area contributed by atoms with Crippen molar-refractivity contribution in [2.75, 3.05) is 0 Å². The summed E-state index contributed by atoms with van der Waals surface area (Å²) in [4.78, 5) is 39.1. The molecule has 0 bridgehead atoms. The molecule has 0 rings (SSSR count). The summed E-state index contributed by atoms with van der Waals surface area (Å²) in [5, 5.41) is 24.5. The van der Waals surface area contributed by atoms with Gasteiger partial charge in [-0.05, 0) is 37.8 Å². The molecule has 0 aromatic carbocycles. The zero-order valence-corrected chi connectivity index (χ0v) is 38.1. The summed E-state index contributed by atoms with van der Waals surface area (Å²) in [7, 11) is -4.64. The highest BCUT2D eigenvalue weighted by Gasteiger charge is 2.00. The molecule has 0 radical (unpaired) electrons. The minimum absolute atomic E-state index is 0.964. The Labute approximate surface area is 358 Å². The van der Waals surface area contributed by atoms with E-state index < -0.39 is 7.82 Å². The monoisotopic (exact) mass is 871 g/mol. The van der Waals surface area contributed by atoms with E-state index in [4.69, 9.17) is 19.2 Å². The first-order valence-electron chi connectivity index (χ1n) is 22.8. The van der Waals surface area contributed by atoms with Crippen LogP contribution in [0, 0.1) is 0 Å². The molecule has 15 heteroatoms. The van der Waals surface area contributed by atoms with E-state index >= 15 is 0 Å². The second-order valence-corrected chi connectivity index (χ2v) is 15.6. The molecule has 0 saturated carbocycles. The summed E-state index contributed by atoms with van der Waals surface area (Å²) in [6, 6.07) is 0. The molecule has 3 N–H and O–H groups in total. The van der Waals surface area contributed by atoms with Gasteiger partial charge >= 0.3 is 7.82 Å². The maximum absolute atomic E-state index is 8.88. The number of unbranched alkanes of at least 4 members (excludes halogenated alkanes) is 32. The summed E-state index contributed by atoms with van der Waals surface area (Å²) in [6.07, 6.45) is 54.9. The van der Waals surface area contributed by atoms with Crippen molar-refractivity contribution in [3.05, 3.63) is 50.4 Å². The Balaban J connectivity index is -0.000000951. The molecule has 0 aliphatic rings. The molecule has 59 heavy (non-hydrogen) atoms. The van der Waals surface area contributed by atoms with Crippen LogP contribution in [0.4, 0.5) is 0 Å². The Morgan fingerprint density at radius 3 is 0.780 bits per heavy atom. The van der Waals surface area contributed by atoms with Gasteiger partial charge in [-0.2, -0.15) is 0 Å². The fraction of sp³-hybridized carbons (Fsp3) is 0.818. The molecule has 0 spiro atoms. The normalized spacial score (nSPS) is 11.2. The Hall–Kier alpha value is -1.97. The minimum Gasteiger partial charge on any atom is -0.315 e. The van der Waals surface area contributed by atoms with Gasteiger partial charge < -0.3 is 34.2 Å². The molecule has 0 aliphatic heterocycles. The van der Waals surface area contributed by atoms with E-state index in [1.807, 2.05) is 12.2 Å². The van der Waals surface area contributed by atoms with Gasteiger partial charge in [0.1, 0.15) is 25.0 Å². The highest BCUT2D eigenvalue weighted by molar-refractivity contribution is 7.45. The number of allylic oxidation sites excluding steroid dienone is 2. The van der Waals surface area contributed by atoms with E-state index in [9.17, 15) is 0 Å². The van der Waals surface area contributed by atoms with Crippen LogP contribution in [0.3, 0.4) is 0 Å². The Kier molecular flexibility index (Phi) is 60.4. The number of phosphoric acid groups is 1. The zero-order valence-electron chi connectivity index (χ0n) is 37.2. The Morgan fingerprint density at radius 2 is 0.559 bits per heavy atom. The minimum atomic E-state index is -4.64. The predicted molar refractivity (Wildman–Crippen MR) is 232 cm³/mol. The van der Waals surface area contributed by atoms with Crippen LogP contribution >= 0.6 is 7.82 Å². The first-order chi connectivity index (χ1) is 28.8. The van der Waals surface area contributed by atoms with E-state index in [0.717, 1.165) is 38.2 Å². The molecular weight excluding hydrogens is 783 g/mol. The van der Waals surface area contributed by atoms with Crippen molar-refractivity contribution in [3.63, 3.8) is 0 Å². The van der Waals surface area contributed by atoms with Crippen molar-refractivity contribution in [3.8, 4) is 0 Å². The van der Waals surface area contributed by atoms with Crippen molar-refractivity contribution in [2.24, 2.45) is 0 Å². The van der Waals surface area contributed by atoms with Crippen molar-refractivity contribution >= 4 is 7.82 Å². The standard InChI is InChI=1S/2C22H42O5.H3O4P/c2*1-3-5-6-7-8-9-10-11-12-13-14-15-16-17-18-19-20-21-22-24-26-27-25-23-4-2;1-5(2,3)4/h2*4,21-22H,2-3,5-20H2,1H3;(H3,1,2,3,4). The van der Waals surface area contributed by atoms with Crippen LogP contribution in [0.1, 0.15) is 232 Å². The van der Waals surface area contributed by atoms with Gasteiger partial charge in [0.25, 0.3) is 0 Å². The molecule has 0 fully saturated rings. The third-order valence-electron chi connectivity index (χ3n) is 9.16. The van der Waals surface area contributed by atoms with Crippen molar-refractivity contribution in [1.82, 2.24) is 0 Å². The Morgan fingerprint density at radius 1 is 0.356 bits per heavy atom. The molecule has 0 saturated heterocycles. The maximum Gasteiger partial charge on any atom is 0.466 e. The average molecular weight is 871 g/mol. The van der Waals surface area contributed by atoms with Crippen molar-refractivity contribution in [1.29, 1.82) is 0 Å². The number of hydrogen-bond donors (Lipinski definition) is 3. The van der Waals surface area contributed by atoms with Crippen LogP contribution < -0.4 is 0 Å². The van der Waals surface area contributed by atoms with Gasteiger partial charge in [0.05, 0.1) is 0 Å². The van der Waals surface area contributed by atoms with E-state index in [1.165, 1.54) is 205 Å². The van der Waals surface area contributed by atoms with E-state index in [1.54, 1.807) is 0 Å². The second-order valence-electron chi connectivity index (χ2n) is 14.6. The summed E-state index contributed by atoms with van der Waals surface area (Å²) in [5.74, 6) is 0. The molecule has 0 atom stereocenters. The largest absolute Gasteiger partial charge is 0.466 e. The maximum atomic E-state index is 8.88. The molecule has 0 heterocycles. The molecule has 0 aliphatic carbocycles. The van der Waals surface area contributed by atoms with Gasteiger partial charge in [0.2, 0.25) is 0 Å². The van der Waals surface area contributed by atoms with Gasteiger partial charge in [0, 0.05) is 30.2 Å². The summed E-state index contributed by atoms with van der Waals surface area (Å²) < 4.78 is 8.88. The van der Waals surface area contributed by atoms with Gasteiger partial charge in [-0.25, -0.2) is 4.57 Å². The fourth-order valence-corrected chi connectivity index (χ4v) is 6.02. The third kappa shape index (κ3) is 77.2. The second kappa shape index (κ2) is 58.1. The Bertz CT molecular complexity index is 819. The molecule has 0 unspecified atom stereocenters. The third-order valence-corrected chi connectivity index (χ3v) is 9.16. The smallest absolute Gasteiger partial charge is 0.315 e. The first-order valence-corrected chi connectivity index (χ1v) is 24.3. The van der Waals surface area contributed by atoms with Gasteiger partial charge in [-0.3, -0.25) is 0 Å². The van der Waals surface area contributed by atoms with Crippen LogP contribution in [0.5, 0.6) is 0 Å². The summed E-state index contributed by atoms with van der Waals surface area (Å²) >= 11 is 0. The fourth-order valence-electron chi connectivity index (χ4n) is 6.02. The molecule has 14 nitrogen and oxygen atoms in total. The van der Waals surface area contributed by atoms with Crippen LogP contribution in [0.25, 0.3) is 0 Å². The molecular formula is C44H87O14P. The topological polar surface area (TPSA) is 170 Å². The quantitative estimate of drug-likeness (QED) is 0.0174. The van der Waals surface area contributed by atoms with Gasteiger partial charge in [-0.15, -0.1) is 0 Å². The van der Waals surface area contributed by atoms with Crippen LogP contribution in [-0.4, -0.2) is 14.7 Å². The SMILES string of the molecule is C=COOOOOC=CCCCCCCCCCCCCCCCCCC.C=COOOOOC=CCCCCCCCCCCCCCCCCCC.O=P(O)(O)O. The lowest BCUT2D eigenvalue weighted by Gasteiger charge is -2.03. The lowest BCUT2D eigenvalue weighted by Crippen LogP contribution is -1.92. The van der Waals surface area contributed by atoms with Gasteiger partial charge in [-0.1, -0.05) is 220 Å².